The number of aromatic carboxylic acids is 1. The molecule has 0 unspecified atom stereocenters. The van der Waals surface area contributed by atoms with Crippen molar-refractivity contribution in [2.24, 2.45) is 0 Å². The smallest absolute Gasteiger partial charge is 0.354 e. The number of benzene rings is 1. The highest BCUT2D eigenvalue weighted by molar-refractivity contribution is 5.86. The molecule has 124 valence electrons. The fourth-order valence-corrected chi connectivity index (χ4v) is 2.59. The summed E-state index contributed by atoms with van der Waals surface area (Å²) >= 11 is 0. The Labute approximate surface area is 136 Å². The molecule has 23 heavy (non-hydrogen) atoms. The van der Waals surface area contributed by atoms with Gasteiger partial charge in [0.2, 0.25) is 0 Å². The lowest BCUT2D eigenvalue weighted by Gasteiger charge is -2.18. The lowest BCUT2D eigenvalue weighted by atomic mass is 10.1. The van der Waals surface area contributed by atoms with Gasteiger partial charge in [-0.05, 0) is 24.5 Å². The number of aromatic nitrogens is 2. The Bertz CT molecular complexity index is 677. The Morgan fingerprint density at radius 3 is 2.65 bits per heavy atom. The highest BCUT2D eigenvalue weighted by Crippen LogP contribution is 2.30. The normalized spacial score (nSPS) is 10.7. The van der Waals surface area contributed by atoms with Crippen LogP contribution >= 0.6 is 0 Å². The van der Waals surface area contributed by atoms with Gasteiger partial charge in [-0.3, -0.25) is 4.57 Å². The third kappa shape index (κ3) is 3.55. The molecule has 2 rings (SSSR count). The molecule has 0 aliphatic rings. The van der Waals surface area contributed by atoms with Gasteiger partial charge in [0.15, 0.2) is 5.69 Å². The molecule has 0 fully saturated rings. The molecular formula is C18H24N2O3. The van der Waals surface area contributed by atoms with Gasteiger partial charge in [0.25, 0.3) is 0 Å². The van der Waals surface area contributed by atoms with E-state index in [1.54, 1.807) is 4.57 Å². The van der Waals surface area contributed by atoms with Crippen molar-refractivity contribution in [1.82, 2.24) is 9.55 Å². The van der Waals surface area contributed by atoms with E-state index >= 15 is 0 Å². The maximum Gasteiger partial charge on any atom is 0.354 e. The Morgan fingerprint density at radius 1 is 1.26 bits per heavy atom. The van der Waals surface area contributed by atoms with Crippen LogP contribution in [-0.4, -0.2) is 27.2 Å². The summed E-state index contributed by atoms with van der Waals surface area (Å²) in [6, 6.07) is 5.86. The molecule has 0 bridgehead atoms. The van der Waals surface area contributed by atoms with Crippen molar-refractivity contribution in [3.8, 4) is 11.4 Å². The molecule has 5 nitrogen and oxygen atoms in total. The lowest BCUT2D eigenvalue weighted by molar-refractivity contribution is 0.0688. The highest BCUT2D eigenvalue weighted by Gasteiger charge is 2.21. The predicted molar refractivity (Wildman–Crippen MR) is 89.7 cm³/mol. The Hall–Kier alpha value is -2.30. The van der Waals surface area contributed by atoms with Crippen LogP contribution < -0.4 is 4.74 Å². The molecule has 1 heterocycles. The van der Waals surface area contributed by atoms with Crippen LogP contribution in [0.4, 0.5) is 0 Å². The topological polar surface area (TPSA) is 64.3 Å². The second kappa shape index (κ2) is 7.81. The number of carbonyl (C=O) groups is 1. The van der Waals surface area contributed by atoms with Crippen molar-refractivity contribution in [3.05, 3.63) is 41.5 Å². The molecule has 0 atom stereocenters. The SMILES string of the molecule is CCCCOc1cccc(CC)c1-n1c(C(=O)O)cnc1CC. The zero-order chi connectivity index (χ0) is 16.8. The Kier molecular flexibility index (Phi) is 5.79. The van der Waals surface area contributed by atoms with Crippen molar-refractivity contribution >= 4 is 5.97 Å². The lowest BCUT2D eigenvalue weighted by Crippen LogP contribution is -2.13. The number of aryl methyl sites for hydroxylation is 2. The molecule has 0 aliphatic carbocycles. The fourth-order valence-electron chi connectivity index (χ4n) is 2.59. The van der Waals surface area contributed by atoms with Crippen LogP contribution in [-0.2, 0) is 12.8 Å². The van der Waals surface area contributed by atoms with Crippen LogP contribution in [0, 0.1) is 0 Å². The molecule has 5 heteroatoms. The van der Waals surface area contributed by atoms with Gasteiger partial charge < -0.3 is 9.84 Å². The van der Waals surface area contributed by atoms with Gasteiger partial charge in [0.05, 0.1) is 18.5 Å². The molecule has 0 saturated heterocycles. The first-order chi connectivity index (χ1) is 11.1. The molecule has 1 aromatic carbocycles. The number of carboxylic acids is 1. The van der Waals surface area contributed by atoms with E-state index in [0.717, 1.165) is 36.3 Å². The second-order valence-electron chi connectivity index (χ2n) is 5.37. The van der Waals surface area contributed by atoms with E-state index in [0.29, 0.717) is 18.8 Å². The molecule has 0 amide bonds. The summed E-state index contributed by atoms with van der Waals surface area (Å²) in [5.74, 6) is 0.458. The number of para-hydroxylation sites is 1. The number of rotatable bonds is 8. The summed E-state index contributed by atoms with van der Waals surface area (Å²) in [5, 5.41) is 9.50. The van der Waals surface area contributed by atoms with E-state index in [2.05, 4.69) is 18.8 Å². The van der Waals surface area contributed by atoms with Gasteiger partial charge >= 0.3 is 5.97 Å². The van der Waals surface area contributed by atoms with E-state index in [9.17, 15) is 9.90 Å². The van der Waals surface area contributed by atoms with Gasteiger partial charge in [-0.25, -0.2) is 9.78 Å². The number of hydrogen-bond acceptors (Lipinski definition) is 3. The van der Waals surface area contributed by atoms with E-state index in [-0.39, 0.29) is 5.69 Å². The monoisotopic (exact) mass is 316 g/mol. The Morgan fingerprint density at radius 2 is 2.04 bits per heavy atom. The van der Waals surface area contributed by atoms with E-state index in [1.165, 1.54) is 6.20 Å². The maximum absolute atomic E-state index is 11.6. The van der Waals surface area contributed by atoms with Crippen LogP contribution in [0.2, 0.25) is 0 Å². The van der Waals surface area contributed by atoms with Crippen molar-refractivity contribution in [1.29, 1.82) is 0 Å². The summed E-state index contributed by atoms with van der Waals surface area (Å²) < 4.78 is 7.66. The third-order valence-corrected chi connectivity index (χ3v) is 3.81. The van der Waals surface area contributed by atoms with Crippen LogP contribution in [0.1, 0.15) is 55.5 Å². The summed E-state index contributed by atoms with van der Waals surface area (Å²) in [6.07, 6.45) is 4.88. The van der Waals surface area contributed by atoms with Gasteiger partial charge in [-0.15, -0.1) is 0 Å². The number of nitrogens with zero attached hydrogens (tertiary/aromatic N) is 2. The summed E-state index contributed by atoms with van der Waals surface area (Å²) in [4.78, 5) is 15.9. The maximum atomic E-state index is 11.6. The summed E-state index contributed by atoms with van der Waals surface area (Å²) in [7, 11) is 0. The average Bonchev–Trinajstić information content (AvgIpc) is 2.98. The van der Waals surface area contributed by atoms with Crippen LogP contribution in [0.3, 0.4) is 0 Å². The van der Waals surface area contributed by atoms with E-state index in [1.807, 2.05) is 25.1 Å². The van der Waals surface area contributed by atoms with Crippen LogP contribution in [0.25, 0.3) is 5.69 Å². The molecule has 2 aromatic rings. The van der Waals surface area contributed by atoms with Crippen molar-refractivity contribution in [2.45, 2.75) is 46.5 Å². The number of carboxylic acid groups (broad SMARTS) is 1. The quantitative estimate of drug-likeness (QED) is 0.751. The third-order valence-electron chi connectivity index (χ3n) is 3.81. The highest BCUT2D eigenvalue weighted by atomic mass is 16.5. The molecule has 0 spiro atoms. The molecule has 1 aromatic heterocycles. The van der Waals surface area contributed by atoms with E-state index in [4.69, 9.17) is 4.74 Å². The van der Waals surface area contributed by atoms with E-state index < -0.39 is 5.97 Å². The van der Waals surface area contributed by atoms with Crippen molar-refractivity contribution in [2.75, 3.05) is 6.61 Å². The standard InChI is InChI=1S/C18H24N2O3/c1-4-7-11-23-15-10-8-9-13(5-2)17(15)20-14(18(21)22)12-19-16(20)6-3/h8-10,12H,4-7,11H2,1-3H3,(H,21,22). The van der Waals surface area contributed by atoms with Crippen LogP contribution in [0.5, 0.6) is 5.75 Å². The first-order valence-corrected chi connectivity index (χ1v) is 8.18. The largest absolute Gasteiger partial charge is 0.491 e. The fraction of sp³-hybridized carbons (Fsp3) is 0.444. The van der Waals surface area contributed by atoms with Gasteiger partial charge in [-0.1, -0.05) is 39.3 Å². The molecule has 0 radical (unpaired) electrons. The number of hydrogen-bond donors (Lipinski definition) is 1. The second-order valence-corrected chi connectivity index (χ2v) is 5.37. The predicted octanol–water partition coefficient (Wildman–Crippen LogP) is 3.87. The van der Waals surface area contributed by atoms with Gasteiger partial charge in [0, 0.05) is 6.42 Å². The zero-order valence-electron chi connectivity index (χ0n) is 14.0. The minimum absolute atomic E-state index is 0.170. The van der Waals surface area contributed by atoms with Gasteiger partial charge in [-0.2, -0.15) is 0 Å². The zero-order valence-corrected chi connectivity index (χ0v) is 14.0. The molecule has 0 aliphatic heterocycles. The average molecular weight is 316 g/mol. The first-order valence-electron chi connectivity index (χ1n) is 8.18. The number of imidazole rings is 1. The molecule has 1 N–H and O–H groups in total. The minimum Gasteiger partial charge on any atom is -0.491 e. The van der Waals surface area contributed by atoms with Crippen LogP contribution in [0.15, 0.2) is 24.4 Å². The molecule has 0 saturated carbocycles. The van der Waals surface area contributed by atoms with Gasteiger partial charge in [0.1, 0.15) is 11.6 Å². The van der Waals surface area contributed by atoms with Crippen molar-refractivity contribution in [3.63, 3.8) is 0 Å². The number of unbranched alkanes of at least 4 members (excludes halogenated alkanes) is 1. The number of ether oxygens (including phenoxy) is 1. The van der Waals surface area contributed by atoms with Crippen molar-refractivity contribution < 1.29 is 14.6 Å². The minimum atomic E-state index is -0.984. The summed E-state index contributed by atoms with van der Waals surface area (Å²) in [6.45, 7) is 6.75. The molecular weight excluding hydrogens is 292 g/mol. The first kappa shape index (κ1) is 17.1. The Balaban J connectivity index is 2.61. The summed E-state index contributed by atoms with van der Waals surface area (Å²) in [5.41, 5.74) is 2.02.